The van der Waals surface area contributed by atoms with Gasteiger partial charge in [0, 0.05) is 13.1 Å². The molecule has 0 amide bonds. The fourth-order valence-corrected chi connectivity index (χ4v) is 1.10. The van der Waals surface area contributed by atoms with Gasteiger partial charge in [-0.25, -0.2) is 0 Å². The summed E-state index contributed by atoms with van der Waals surface area (Å²) in [7, 11) is 0. The first kappa shape index (κ1) is 20.3. The predicted octanol–water partition coefficient (Wildman–Crippen LogP) is 3.09. The van der Waals surface area contributed by atoms with Crippen molar-refractivity contribution < 1.29 is 0 Å². The largest absolute Gasteiger partial charge is 0.315 e. The van der Waals surface area contributed by atoms with Crippen LogP contribution >= 0.6 is 0 Å². The Bertz CT molecular complexity index is 90.5. The number of hydrogen-bond donors (Lipinski definition) is 2. The van der Waals surface area contributed by atoms with Crippen LogP contribution in [-0.2, 0) is 0 Å². The van der Waals surface area contributed by atoms with Crippen LogP contribution in [0.15, 0.2) is 0 Å². The minimum atomic E-state index is -0.139. The van der Waals surface area contributed by atoms with Gasteiger partial charge in [-0.2, -0.15) is 0 Å². The molecule has 0 aromatic heterocycles. The second kappa shape index (κ2) is 17.0. The van der Waals surface area contributed by atoms with Crippen molar-refractivity contribution in [2.75, 3.05) is 26.2 Å². The van der Waals surface area contributed by atoms with Gasteiger partial charge >= 0.3 is 0 Å². The lowest BCUT2D eigenvalue weighted by molar-refractivity contribution is 0.641. The first-order valence-electron chi connectivity index (χ1n) is 7.38. The maximum Gasteiger partial charge on any atom is 0.251 e. The van der Waals surface area contributed by atoms with E-state index in [1.54, 1.807) is 0 Å². The van der Waals surface area contributed by atoms with Crippen LogP contribution < -0.4 is 10.6 Å². The van der Waals surface area contributed by atoms with Crippen LogP contribution in [0.25, 0.3) is 0 Å². The highest BCUT2D eigenvalue weighted by molar-refractivity contribution is 6.54. The van der Waals surface area contributed by atoms with Crippen molar-refractivity contribution in [1.82, 2.24) is 10.6 Å². The van der Waals surface area contributed by atoms with E-state index in [2.05, 4.69) is 45.3 Å². The zero-order chi connectivity index (χ0) is 13.5. The lowest BCUT2D eigenvalue weighted by Crippen LogP contribution is -2.26. The maximum absolute atomic E-state index is 3.36. The molecule has 102 valence electrons. The summed E-state index contributed by atoms with van der Waals surface area (Å²) in [6, 6.07) is 0. The molecule has 1 aliphatic heterocycles. The molecular weight excluding hydrogens is 238 g/mol. The van der Waals surface area contributed by atoms with Gasteiger partial charge in [0.15, 0.2) is 0 Å². The summed E-state index contributed by atoms with van der Waals surface area (Å²) < 4.78 is 0. The highest BCUT2D eigenvalue weighted by Gasteiger charge is 1.93. The van der Waals surface area contributed by atoms with Crippen LogP contribution in [0, 0.1) is 0 Å². The molecule has 4 heteroatoms. The van der Waals surface area contributed by atoms with Crippen molar-refractivity contribution >= 4 is 28.3 Å². The minimum Gasteiger partial charge on any atom is -0.315 e. The molecule has 0 spiro atoms. The third-order valence-electron chi connectivity index (χ3n) is 1.69. The Hall–Kier alpha value is 0.985. The Morgan fingerprint density at radius 3 is 1.12 bits per heavy atom. The first-order valence-corrected chi connectivity index (χ1v) is 14.3. The molecule has 0 saturated carbocycles. The summed E-state index contributed by atoms with van der Waals surface area (Å²) in [5.74, 6) is 13.8. The van der Waals surface area contributed by atoms with Crippen molar-refractivity contribution in [2.24, 2.45) is 0 Å². The summed E-state index contributed by atoms with van der Waals surface area (Å²) in [5, 5.41) is 6.73. The molecule has 1 fully saturated rings. The van der Waals surface area contributed by atoms with Crippen LogP contribution in [-0.4, -0.2) is 54.5 Å². The molecule has 0 aliphatic carbocycles. The molecule has 0 atom stereocenters. The molecule has 1 rings (SSSR count). The van der Waals surface area contributed by atoms with E-state index in [1.807, 2.05) is 0 Å². The van der Waals surface area contributed by atoms with Gasteiger partial charge in [-0.15, -0.1) is 34.7 Å². The second-order valence-corrected chi connectivity index (χ2v) is 13.0. The zero-order valence-corrected chi connectivity index (χ0v) is 15.4. The molecule has 0 aromatic carbocycles. The molecule has 1 heterocycles. The van der Waals surface area contributed by atoms with Gasteiger partial charge in [0.2, 0.25) is 0 Å². The Kier molecular flexibility index (Phi) is 20.3. The van der Waals surface area contributed by atoms with E-state index >= 15 is 0 Å². The van der Waals surface area contributed by atoms with E-state index in [0.29, 0.717) is 0 Å². The van der Waals surface area contributed by atoms with E-state index < -0.39 is 0 Å². The second-order valence-electron chi connectivity index (χ2n) is 6.02. The normalized spacial score (nSPS) is 15.9. The molecule has 0 aromatic rings. The molecular formula is C13H34Al2N2. The highest BCUT2D eigenvalue weighted by atomic mass is 27.2. The van der Waals surface area contributed by atoms with Gasteiger partial charge in [-0.1, -0.05) is 6.42 Å². The lowest BCUT2D eigenvalue weighted by atomic mass is 10.2. The van der Waals surface area contributed by atoms with Crippen molar-refractivity contribution in [3.8, 4) is 0 Å². The fraction of sp³-hybridized carbons (Fsp3) is 1.00. The van der Waals surface area contributed by atoms with Crippen LogP contribution in [0.4, 0.5) is 0 Å². The van der Waals surface area contributed by atoms with Crippen molar-refractivity contribution in [1.29, 1.82) is 0 Å². The Labute approximate surface area is 119 Å². The SMILES string of the molecule is C1CCNCCNCC1.[CH3][Al]([CH3])[CH3].[CH3][Al]([CH3])[CH3]. The molecule has 0 bridgehead atoms. The van der Waals surface area contributed by atoms with E-state index in [1.165, 1.54) is 32.4 Å². The first-order chi connectivity index (χ1) is 7.96. The molecule has 0 radical (unpaired) electrons. The monoisotopic (exact) mass is 272 g/mol. The minimum absolute atomic E-state index is 0.139. The summed E-state index contributed by atoms with van der Waals surface area (Å²) in [4.78, 5) is 0. The summed E-state index contributed by atoms with van der Waals surface area (Å²) in [5.41, 5.74) is 0. The predicted molar refractivity (Wildman–Crippen MR) is 86.3 cm³/mol. The molecule has 2 nitrogen and oxygen atoms in total. The quantitative estimate of drug-likeness (QED) is 0.662. The lowest BCUT2D eigenvalue weighted by Gasteiger charge is -1.99. The van der Waals surface area contributed by atoms with Gasteiger partial charge < -0.3 is 10.6 Å². The Balaban J connectivity index is 0. The molecule has 0 unspecified atom stereocenters. The summed E-state index contributed by atoms with van der Waals surface area (Å²) in [6.45, 7) is 4.70. The third kappa shape index (κ3) is 38.3. The van der Waals surface area contributed by atoms with Crippen molar-refractivity contribution in [3.63, 3.8) is 0 Å². The third-order valence-corrected chi connectivity index (χ3v) is 1.69. The van der Waals surface area contributed by atoms with Crippen LogP contribution in [0.2, 0.25) is 34.7 Å². The van der Waals surface area contributed by atoms with E-state index in [4.69, 9.17) is 0 Å². The highest BCUT2D eigenvalue weighted by Crippen LogP contribution is 1.92. The van der Waals surface area contributed by atoms with Gasteiger partial charge in [-0.3, -0.25) is 0 Å². The van der Waals surface area contributed by atoms with E-state index in [9.17, 15) is 0 Å². The smallest absolute Gasteiger partial charge is 0.251 e. The number of rotatable bonds is 0. The Morgan fingerprint density at radius 2 is 0.824 bits per heavy atom. The van der Waals surface area contributed by atoms with Gasteiger partial charge in [-0.05, 0) is 25.9 Å². The topological polar surface area (TPSA) is 24.1 Å². The van der Waals surface area contributed by atoms with Crippen molar-refractivity contribution in [3.05, 3.63) is 0 Å². The van der Waals surface area contributed by atoms with Gasteiger partial charge in [0.25, 0.3) is 28.3 Å². The van der Waals surface area contributed by atoms with Crippen molar-refractivity contribution in [2.45, 2.75) is 54.0 Å². The van der Waals surface area contributed by atoms with Gasteiger partial charge in [0.05, 0.1) is 0 Å². The molecule has 1 saturated heterocycles. The summed E-state index contributed by atoms with van der Waals surface area (Å²) in [6.07, 6.45) is 4.07. The summed E-state index contributed by atoms with van der Waals surface area (Å²) >= 11 is -0.278. The van der Waals surface area contributed by atoms with Crippen LogP contribution in [0.5, 0.6) is 0 Å². The average molecular weight is 272 g/mol. The fourth-order valence-electron chi connectivity index (χ4n) is 1.10. The van der Waals surface area contributed by atoms with E-state index in [-0.39, 0.29) is 28.3 Å². The Morgan fingerprint density at radius 1 is 0.529 bits per heavy atom. The van der Waals surface area contributed by atoms with Crippen LogP contribution in [0.3, 0.4) is 0 Å². The number of hydrogen-bond acceptors (Lipinski definition) is 2. The number of nitrogens with one attached hydrogen (secondary N) is 2. The van der Waals surface area contributed by atoms with Gasteiger partial charge in [0.1, 0.15) is 0 Å². The molecule has 17 heavy (non-hydrogen) atoms. The standard InChI is InChI=1S/C7H16N2.6CH3.2Al/c1-2-4-8-6-7-9-5-3-1;;;;;;;;/h8-9H,1-7H2;6*1H3;;. The molecule has 1 aliphatic rings. The average Bonchev–Trinajstić information content (AvgIpc) is 2.30. The maximum atomic E-state index is 3.36. The zero-order valence-electron chi connectivity index (χ0n) is 13.1. The van der Waals surface area contributed by atoms with E-state index in [0.717, 1.165) is 13.1 Å². The molecule has 2 N–H and O–H groups in total. The van der Waals surface area contributed by atoms with Crippen LogP contribution in [0.1, 0.15) is 19.3 Å².